The summed E-state index contributed by atoms with van der Waals surface area (Å²) in [5, 5.41) is 296. The van der Waals surface area contributed by atoms with Crippen molar-refractivity contribution in [2.24, 2.45) is 5.73 Å². The molecule has 0 bridgehead atoms. The maximum absolute atomic E-state index is 11.8. The molecule has 7 heterocycles. The third kappa shape index (κ3) is 23.6. The molecule has 0 spiro atoms. The van der Waals surface area contributed by atoms with Crippen LogP contribution in [0.3, 0.4) is 0 Å². The number of carbonyl (C=O) groups is 1. The van der Waals surface area contributed by atoms with Crippen molar-refractivity contribution in [2.45, 2.75) is 215 Å². The second-order valence-electron chi connectivity index (χ2n) is 20.8. The van der Waals surface area contributed by atoms with Gasteiger partial charge in [-0.15, -0.1) is 0 Å². The van der Waals surface area contributed by atoms with Crippen molar-refractivity contribution in [3.8, 4) is 0 Å². The number of nitrogens with two attached hydrogens (primary N) is 1. The van der Waals surface area contributed by atoms with E-state index >= 15 is 0 Å². The Balaban J connectivity index is 0.00000155. The van der Waals surface area contributed by atoms with Gasteiger partial charge in [-0.2, -0.15) is 0 Å². The van der Waals surface area contributed by atoms with Gasteiger partial charge < -0.3 is 231 Å². The zero-order valence-electron chi connectivity index (χ0n) is 48.8. The number of nitrogens with one attached hydrogen (secondary N) is 1. The fourth-order valence-corrected chi connectivity index (χ4v) is 9.77. The summed E-state index contributed by atoms with van der Waals surface area (Å²) >= 11 is 0. The van der Waals surface area contributed by atoms with Crippen LogP contribution >= 0.6 is 0 Å². The van der Waals surface area contributed by atoms with Crippen LogP contribution in [0, 0.1) is 46.0 Å². The third-order valence-corrected chi connectivity index (χ3v) is 14.6. The average Bonchev–Trinajstić information content (AvgIpc) is 0.797. The average molecular weight is 1480 g/mol. The van der Waals surface area contributed by atoms with Crippen molar-refractivity contribution in [1.29, 1.82) is 0 Å². The second kappa shape index (κ2) is 41.1. The first kappa shape index (κ1) is 88.1. The third-order valence-electron chi connectivity index (χ3n) is 14.6. The summed E-state index contributed by atoms with van der Waals surface area (Å²) in [5.74, 6) is 0. The molecule has 2 amide bonds. The number of hydroxylamine groups is 1. The van der Waals surface area contributed by atoms with Crippen LogP contribution in [0.15, 0.2) is 0 Å². The Morgan fingerprint density at radius 2 is 0.531 bits per heavy atom. The molecule has 7 fully saturated rings. The van der Waals surface area contributed by atoms with E-state index in [9.17, 15) is 122 Å². The molecule has 0 aliphatic carbocycles. The van der Waals surface area contributed by atoms with Gasteiger partial charge in [0.05, 0.1) is 61.5 Å². The summed E-state index contributed by atoms with van der Waals surface area (Å²) < 4.78 is 72.0. The van der Waals surface area contributed by atoms with E-state index in [0.717, 1.165) is 0 Å². The van der Waals surface area contributed by atoms with Crippen molar-refractivity contribution >= 4 is 25.8 Å². The van der Waals surface area contributed by atoms with Crippen LogP contribution in [-0.4, -0.2) is 425 Å². The number of carbonyl (C=O) groups excluding carboxylic acids is 1. The first-order valence-electron chi connectivity index (χ1n) is 27.3. The van der Waals surface area contributed by atoms with E-state index in [1.54, 1.807) is 0 Å². The maximum atomic E-state index is 11.8. The summed E-state index contributed by atoms with van der Waals surface area (Å²) in [5.41, 5.74) is 5.46. The molecule has 53 heteroatoms. The number of ether oxygens (including phenoxy) is 13. The first-order valence-corrected chi connectivity index (χ1v) is 27.3. The monoisotopic (exact) mass is 1480 g/mol. The molecule has 558 valence electrons. The summed E-state index contributed by atoms with van der Waals surface area (Å²) in [7, 11) is 0. The summed E-state index contributed by atoms with van der Waals surface area (Å²) in [4.78, 5) is 34.0. The fourth-order valence-electron chi connectivity index (χ4n) is 9.77. The molecule has 96 heavy (non-hydrogen) atoms. The van der Waals surface area contributed by atoms with E-state index < -0.39 is 282 Å². The quantitative estimate of drug-likeness (QED) is 0.0247. The topological polar surface area (TPSA) is 859 Å². The molecule has 7 aliphatic heterocycles. The number of hydrogen-bond acceptors (Lipinski definition) is 47. The van der Waals surface area contributed by atoms with Crippen LogP contribution < -0.4 is 11.2 Å². The molecule has 52 nitrogen and oxygen atoms in total. The minimum Gasteiger partial charge on any atom is -0.394 e. The van der Waals surface area contributed by atoms with Gasteiger partial charge in [-0.1, -0.05) is 0 Å². The molecular weight excluding hydrogens is 1410 g/mol. The molecule has 0 aromatic rings. The van der Waals surface area contributed by atoms with Crippen LogP contribution in [-0.2, 0) is 61.6 Å². The van der Waals surface area contributed by atoms with E-state index in [1.165, 1.54) is 5.48 Å². The van der Waals surface area contributed by atoms with Gasteiger partial charge in [0.2, 0.25) is 0 Å². The number of aliphatic hydroxyl groups excluding tert-OH is 23. The molecule has 35 atom stereocenters. The predicted molar refractivity (Wildman–Crippen MR) is 283 cm³/mol. The Hall–Kier alpha value is -3.97. The van der Waals surface area contributed by atoms with Crippen molar-refractivity contribution in [3.63, 3.8) is 0 Å². The molecule has 0 aromatic heterocycles. The smallest absolute Gasteiger partial charge is 0.394 e. The Kier molecular flexibility index (Phi) is 37.7. The van der Waals surface area contributed by atoms with Crippen LogP contribution in [0.25, 0.3) is 0 Å². The standard InChI is InChI=1S/C42H72O36.CH4N2O2.Ga.3NO3/c43-1-8-15(48)22(55)25(58)37(69-8)66-6-13-20(53)32(28(61)36(65)68-13)75-40-29(62)33(18(51)11(4-46)72-40)77-41-30(63)34(19(52)12(5-47)73-41)78-42-31(64)35(76-39-27(60)24(57)17(50)10(3-45)71-39)21(54)14(74-42)7-67-38-26(59)23(56)16(49)9(2-44)70-38;2-1(4)3-5;;3*2-1(3)4/h8-65H,1-7H2;5H,(H3,2,3,4);;;;/q;;+3;3*-1/t8-,9-,10-,11-,12-,13-,14-,15-,16-,17-,18-,19-,20-,21-,22+,23+,24+,25-,26-,27-,28-,29-,30-,31-,32+,33+,34+,35+,36-,37-,38-,39+,40+,41+,42+;;;;;/m1...../s1. The molecule has 7 rings (SSSR count). The van der Waals surface area contributed by atoms with Crippen molar-refractivity contribution in [3.05, 3.63) is 46.0 Å². The van der Waals surface area contributed by atoms with Crippen LogP contribution in [0.4, 0.5) is 4.79 Å². The molecule has 7 aliphatic rings. The van der Waals surface area contributed by atoms with E-state index in [2.05, 4.69) is 5.73 Å². The van der Waals surface area contributed by atoms with Gasteiger partial charge >= 0.3 is 25.8 Å². The number of primary amides is 1. The van der Waals surface area contributed by atoms with Gasteiger partial charge in [-0.3, -0.25) is 5.21 Å². The van der Waals surface area contributed by atoms with E-state index in [-0.39, 0.29) is 19.8 Å². The predicted octanol–water partition coefficient (Wildman–Crippen LogP) is -18.3. The fraction of sp³-hybridized carbons (Fsp3) is 0.977. The van der Waals surface area contributed by atoms with E-state index in [1.807, 2.05) is 0 Å². The SMILES string of the molecule is NC(=O)NO.O=[N+]([O-])[O-].O=[N+]([O-])[O-].O=[N+]([O-])[O-].OC[C@H]1O[C@@H](OC[C@H]2O[C@@H](O)[C@H](O)[C@@H](O[C@@H]3O[C@H](CO)[C@@H](O)[C@H](O[C@@H]4O[C@H](CO)[C@@H](O)[C@H](O[C@@H]5O[C@H](CO[C@@H]6O[C@H](CO)[C@@H](O)[C@H](O)[C@H]6O)[C@@H](O)[C@H](O[C@@H]6O[C@H](CO)[C@@H](O)[C@H](O)[C@H]6O)[C@H]5O)[C@H]4O)[C@H]3O)[C@@H]2O)[C@H](O)[C@@H](O)[C@@H]1O.[Ga+3]. The molecule has 0 saturated carbocycles. The van der Waals surface area contributed by atoms with Crippen molar-refractivity contribution < 1.29 is 204 Å². The number of urea groups is 1. The number of amides is 2. The number of hydrogen-bond donors (Lipinski definition) is 26. The van der Waals surface area contributed by atoms with Gasteiger partial charge in [0, 0.05) is 0 Å². The molecule has 0 unspecified atom stereocenters. The maximum Gasteiger partial charge on any atom is 3.00 e. The molecular formula is C43H76GaN5O47. The Morgan fingerprint density at radius 1 is 0.333 bits per heavy atom. The molecule has 0 aromatic carbocycles. The normalized spacial score (nSPS) is 44.6. The summed E-state index contributed by atoms with van der Waals surface area (Å²) in [6.07, 6.45) is -69.4. The van der Waals surface area contributed by atoms with Gasteiger partial charge in [-0.05, 0) is 0 Å². The van der Waals surface area contributed by atoms with Crippen LogP contribution in [0.1, 0.15) is 0 Å². The minimum atomic E-state index is -2.35. The number of rotatable bonds is 19. The van der Waals surface area contributed by atoms with Gasteiger partial charge in [0.1, 0.15) is 171 Å². The van der Waals surface area contributed by atoms with Gasteiger partial charge in [-0.25, -0.2) is 10.3 Å². The van der Waals surface area contributed by atoms with Gasteiger partial charge in [0.25, 0.3) is 0 Å². The zero-order valence-corrected chi connectivity index (χ0v) is 51.2. The zero-order chi connectivity index (χ0) is 72.4. The van der Waals surface area contributed by atoms with E-state index in [4.69, 9.17) is 113 Å². The Labute approximate surface area is 547 Å². The summed E-state index contributed by atoms with van der Waals surface area (Å²) in [6, 6.07) is -0.940. The second-order valence-corrected chi connectivity index (χ2v) is 20.8. The van der Waals surface area contributed by atoms with Crippen LogP contribution in [0.5, 0.6) is 0 Å². The minimum absolute atomic E-state index is 0. The van der Waals surface area contributed by atoms with E-state index in [0.29, 0.717) is 0 Å². The van der Waals surface area contributed by atoms with Crippen molar-refractivity contribution in [2.75, 3.05) is 46.2 Å². The first-order chi connectivity index (χ1) is 44.4. The largest absolute Gasteiger partial charge is 3.00 e. The molecule has 27 N–H and O–H groups in total. The molecule has 0 radical (unpaired) electrons. The Bertz CT molecular complexity index is 2230. The van der Waals surface area contributed by atoms with Crippen molar-refractivity contribution in [1.82, 2.24) is 5.48 Å². The van der Waals surface area contributed by atoms with Crippen LogP contribution in [0.2, 0.25) is 0 Å². The summed E-state index contributed by atoms with van der Waals surface area (Å²) in [6.45, 7) is -6.56. The van der Waals surface area contributed by atoms with Gasteiger partial charge in [0.15, 0.2) is 44.0 Å². The number of aliphatic hydroxyl groups is 23. The molecule has 7 saturated heterocycles. The number of nitrogens with zero attached hydrogens (tertiary/aromatic N) is 3. The Morgan fingerprint density at radius 3 is 0.792 bits per heavy atom.